The van der Waals surface area contributed by atoms with Crippen LogP contribution in [0.25, 0.3) is 11.1 Å². The minimum atomic E-state index is -3.16. The number of piperazine rings is 1. The van der Waals surface area contributed by atoms with E-state index in [0.717, 1.165) is 18.2 Å². The number of hydrogen-bond acceptors (Lipinski definition) is 8. The highest BCUT2D eigenvalue weighted by atomic mass is 19.3. The third-order valence-electron chi connectivity index (χ3n) is 7.86. The second-order valence-electron chi connectivity index (χ2n) is 11.2. The van der Waals surface area contributed by atoms with Gasteiger partial charge >= 0.3 is 0 Å². The molecule has 46 heavy (non-hydrogen) atoms. The third kappa shape index (κ3) is 7.70. The van der Waals surface area contributed by atoms with Gasteiger partial charge in [-0.05, 0) is 46.0 Å². The van der Waals surface area contributed by atoms with E-state index in [-0.39, 0.29) is 41.7 Å². The number of carbonyl (C=O) groups excluding carboxylic acids is 1. The van der Waals surface area contributed by atoms with Gasteiger partial charge in [0.05, 0.1) is 23.5 Å². The molecule has 2 aliphatic rings. The van der Waals surface area contributed by atoms with Gasteiger partial charge in [-0.15, -0.1) is 0 Å². The predicted octanol–water partition coefficient (Wildman–Crippen LogP) is 5.21. The minimum absolute atomic E-state index is 0.0250. The zero-order valence-corrected chi connectivity index (χ0v) is 25.7. The lowest BCUT2D eigenvalue weighted by atomic mass is 10.0. The van der Waals surface area contributed by atoms with Crippen molar-refractivity contribution in [2.75, 3.05) is 54.9 Å². The molecular weight excluding hydrogens is 615 g/mol. The van der Waals surface area contributed by atoms with E-state index in [9.17, 15) is 18.0 Å². The number of ether oxygens (including phenoxy) is 1. The zero-order valence-electron chi connectivity index (χ0n) is 25.7. The maximum Gasteiger partial charge on any atom is 0.290 e. The Morgan fingerprint density at radius 2 is 1.65 bits per heavy atom. The summed E-state index contributed by atoms with van der Waals surface area (Å²) in [5.41, 5.74) is -2.16. The first kappa shape index (κ1) is 34.5. The van der Waals surface area contributed by atoms with Crippen LogP contribution < -0.4 is 15.1 Å². The van der Waals surface area contributed by atoms with Crippen molar-refractivity contribution in [1.29, 1.82) is 0 Å². The number of nitrogens with zero attached hydrogens (tertiary/aromatic N) is 5. The zero-order chi connectivity index (χ0) is 33.7. The number of likely N-dealkylation sites (N-methyl/N-ethyl adjacent to an activating group) is 1. The summed E-state index contributed by atoms with van der Waals surface area (Å²) < 4.78 is 78.9. The Morgan fingerprint density at radius 1 is 1.02 bits per heavy atom. The van der Waals surface area contributed by atoms with E-state index in [1.165, 1.54) is 12.4 Å². The predicted molar refractivity (Wildman–Crippen MR) is 162 cm³/mol. The van der Waals surface area contributed by atoms with Crippen LogP contribution >= 0.6 is 0 Å². The molecule has 0 radical (unpaired) electrons. The van der Waals surface area contributed by atoms with E-state index in [4.69, 9.17) is 14.6 Å². The first-order chi connectivity index (χ1) is 21.8. The van der Waals surface area contributed by atoms with E-state index in [2.05, 4.69) is 20.2 Å². The number of hydrogen-bond donors (Lipinski definition) is 2. The lowest BCUT2D eigenvalue weighted by molar-refractivity contribution is -0.122. The molecule has 3 aromatic rings. The number of aromatic nitrogens is 2. The maximum absolute atomic E-state index is 16.4. The molecule has 2 saturated heterocycles. The summed E-state index contributed by atoms with van der Waals surface area (Å²) in [4.78, 5) is 36.0. The van der Waals surface area contributed by atoms with E-state index in [1.54, 1.807) is 4.90 Å². The molecule has 0 unspecified atom stereocenters. The molecule has 0 bridgehead atoms. The fourth-order valence-corrected chi connectivity index (χ4v) is 5.56. The van der Waals surface area contributed by atoms with Gasteiger partial charge in [0, 0.05) is 73.9 Å². The highest BCUT2D eigenvalue weighted by Crippen LogP contribution is 2.39. The van der Waals surface area contributed by atoms with Gasteiger partial charge < -0.3 is 29.9 Å². The standard InChI is InChI=1S/C30H33F5N6O2.CH2O2/c1-16-13-40(8-7-39(16)4)24-10-23(32)25(19-11-36-30(37-12-19)41-14-17(2)43-18(3)15-41)26(33)27(24)38-29(42)21-6-5-20(31)9-22(21)28(34)35;2-1-3/h5-6,9-12,16-18,28H,7-8,13-15H2,1-4H3,(H,38,42);1H,(H,2,3)/t16-,17-,18+;/m0./s1. The van der Waals surface area contributed by atoms with Gasteiger partial charge in [0.15, 0.2) is 5.82 Å². The number of morpholine rings is 1. The molecule has 1 aromatic heterocycles. The number of amides is 1. The van der Waals surface area contributed by atoms with Gasteiger partial charge in [-0.2, -0.15) is 0 Å². The van der Waals surface area contributed by atoms with Crippen molar-refractivity contribution in [3.05, 3.63) is 65.2 Å². The smallest absolute Gasteiger partial charge is 0.290 e. The molecule has 2 fully saturated rings. The Hall–Kier alpha value is -4.37. The minimum Gasteiger partial charge on any atom is -0.483 e. The van der Waals surface area contributed by atoms with Crippen molar-refractivity contribution in [2.24, 2.45) is 0 Å². The van der Waals surface area contributed by atoms with E-state index >= 15 is 8.78 Å². The summed E-state index contributed by atoms with van der Waals surface area (Å²) in [7, 11) is 1.93. The number of benzene rings is 2. The molecule has 2 aliphatic heterocycles. The van der Waals surface area contributed by atoms with Crippen LogP contribution in [0.4, 0.5) is 39.3 Å². The van der Waals surface area contributed by atoms with Gasteiger partial charge in [-0.1, -0.05) is 0 Å². The fraction of sp³-hybridized carbons (Fsp3) is 0.419. The van der Waals surface area contributed by atoms with Crippen molar-refractivity contribution in [3.63, 3.8) is 0 Å². The average molecular weight is 651 g/mol. The molecule has 5 rings (SSSR count). The molecule has 0 saturated carbocycles. The number of rotatable bonds is 6. The topological polar surface area (TPSA) is 111 Å². The first-order valence-electron chi connectivity index (χ1n) is 14.5. The normalized spacial score (nSPS) is 20.3. The monoisotopic (exact) mass is 650 g/mol. The van der Waals surface area contributed by atoms with Crippen LogP contribution in [-0.4, -0.2) is 90.4 Å². The van der Waals surface area contributed by atoms with Gasteiger partial charge in [-0.25, -0.2) is 31.9 Å². The quantitative estimate of drug-likeness (QED) is 0.275. The van der Waals surface area contributed by atoms with Gasteiger partial charge in [0.1, 0.15) is 17.3 Å². The molecule has 15 heteroatoms. The third-order valence-corrected chi connectivity index (χ3v) is 7.86. The molecule has 2 aromatic carbocycles. The summed E-state index contributed by atoms with van der Waals surface area (Å²) in [5, 5.41) is 9.28. The van der Waals surface area contributed by atoms with Gasteiger partial charge in [-0.3, -0.25) is 9.59 Å². The Labute approximate surface area is 262 Å². The summed E-state index contributed by atoms with van der Waals surface area (Å²) in [6.07, 6.45) is -0.662. The maximum atomic E-state index is 16.4. The molecule has 1 amide bonds. The van der Waals surface area contributed by atoms with Gasteiger partial charge in [0.2, 0.25) is 5.95 Å². The SMILES string of the molecule is C[C@@H]1CN(c2ncc(-c3c(F)cc(N4CCN(C)[C@@H](C)C4)c(NC(=O)c4ccc(F)cc4C(F)F)c3F)cn2)C[C@H](C)O1.O=CO. The number of carboxylic acid groups (broad SMARTS) is 1. The number of anilines is 3. The summed E-state index contributed by atoms with van der Waals surface area (Å²) in [6.45, 7) is 8.02. The number of carbonyl (C=O) groups is 2. The second kappa shape index (κ2) is 14.8. The molecule has 0 spiro atoms. The largest absolute Gasteiger partial charge is 0.483 e. The molecule has 2 N–H and O–H groups in total. The molecule has 248 valence electrons. The Morgan fingerprint density at radius 3 is 2.24 bits per heavy atom. The Kier molecular flexibility index (Phi) is 11.1. The fourth-order valence-electron chi connectivity index (χ4n) is 5.56. The number of halogens is 5. The van der Waals surface area contributed by atoms with Crippen molar-refractivity contribution in [1.82, 2.24) is 14.9 Å². The number of alkyl halides is 2. The number of nitrogens with one attached hydrogen (secondary N) is 1. The summed E-state index contributed by atoms with van der Waals surface area (Å²) in [6, 6.07) is 3.47. The Balaban J connectivity index is 0.00000154. The molecule has 3 heterocycles. The first-order valence-corrected chi connectivity index (χ1v) is 14.5. The second-order valence-corrected chi connectivity index (χ2v) is 11.2. The summed E-state index contributed by atoms with van der Waals surface area (Å²) in [5.74, 6) is -3.67. The van der Waals surface area contributed by atoms with Crippen LogP contribution in [0.15, 0.2) is 36.7 Å². The molecule has 3 atom stereocenters. The van der Waals surface area contributed by atoms with Crippen LogP contribution in [0.2, 0.25) is 0 Å². The summed E-state index contributed by atoms with van der Waals surface area (Å²) >= 11 is 0. The van der Waals surface area contributed by atoms with Crippen molar-refractivity contribution in [2.45, 2.75) is 45.4 Å². The van der Waals surface area contributed by atoms with Crippen LogP contribution in [0.1, 0.15) is 43.1 Å². The van der Waals surface area contributed by atoms with Crippen LogP contribution in [0, 0.1) is 17.5 Å². The van der Waals surface area contributed by atoms with Crippen molar-refractivity contribution >= 4 is 29.7 Å². The lowest BCUT2D eigenvalue weighted by Gasteiger charge is -2.39. The van der Waals surface area contributed by atoms with Crippen LogP contribution in [-0.2, 0) is 9.53 Å². The molecule has 0 aliphatic carbocycles. The average Bonchev–Trinajstić information content (AvgIpc) is 3.00. The highest BCUT2D eigenvalue weighted by Gasteiger charge is 2.30. The Bertz CT molecular complexity index is 1540. The van der Waals surface area contributed by atoms with Gasteiger partial charge in [0.25, 0.3) is 18.8 Å². The van der Waals surface area contributed by atoms with E-state index in [0.29, 0.717) is 44.7 Å². The van der Waals surface area contributed by atoms with E-state index < -0.39 is 46.5 Å². The molecule has 10 nitrogen and oxygen atoms in total. The van der Waals surface area contributed by atoms with Crippen LogP contribution in [0.5, 0.6) is 0 Å². The van der Waals surface area contributed by atoms with Crippen molar-refractivity contribution < 1.29 is 41.4 Å². The van der Waals surface area contributed by atoms with Crippen molar-refractivity contribution in [3.8, 4) is 11.1 Å². The van der Waals surface area contributed by atoms with E-state index in [1.807, 2.05) is 32.7 Å². The molecular formula is C31H35F5N6O4. The van der Waals surface area contributed by atoms with Crippen LogP contribution in [0.3, 0.4) is 0 Å². The lowest BCUT2D eigenvalue weighted by Crippen LogP contribution is -2.50. The highest BCUT2D eigenvalue weighted by molar-refractivity contribution is 6.07.